The maximum absolute atomic E-state index is 4.82. The van der Waals surface area contributed by atoms with Crippen LogP contribution in [0.5, 0.6) is 0 Å². The van der Waals surface area contributed by atoms with E-state index < -0.39 is 0 Å². The second-order valence-electron chi connectivity index (χ2n) is 9.16. The third-order valence-corrected chi connectivity index (χ3v) is 9.65. The Balaban J connectivity index is 1.77. The molecule has 29 heavy (non-hydrogen) atoms. The normalized spacial score (nSPS) is 20.2. The van der Waals surface area contributed by atoms with Crippen molar-refractivity contribution < 1.29 is 0 Å². The molecule has 2 nitrogen and oxygen atoms in total. The molecule has 2 aromatic heterocycles. The van der Waals surface area contributed by atoms with Gasteiger partial charge < -0.3 is 0 Å². The average molecular weight is 443 g/mol. The molecule has 0 saturated carbocycles. The highest BCUT2D eigenvalue weighted by Gasteiger charge is 2.34. The average Bonchev–Trinajstić information content (AvgIpc) is 3.38. The highest BCUT2D eigenvalue weighted by molar-refractivity contribution is 7.96. The molecule has 0 saturated heterocycles. The van der Waals surface area contributed by atoms with E-state index in [1.165, 1.54) is 66.0 Å². The molecule has 0 radical (unpaired) electrons. The van der Waals surface area contributed by atoms with Crippen molar-refractivity contribution in [2.24, 2.45) is 4.40 Å². The van der Waals surface area contributed by atoms with E-state index in [2.05, 4.69) is 77.5 Å². The Morgan fingerprint density at radius 1 is 1.07 bits per heavy atom. The summed E-state index contributed by atoms with van der Waals surface area (Å²) < 4.78 is 8.37. The molecule has 2 unspecified atom stereocenters. The molecule has 0 amide bonds. The van der Waals surface area contributed by atoms with E-state index in [1.807, 2.05) is 22.7 Å². The predicted octanol–water partition coefficient (Wildman–Crippen LogP) is 7.69. The van der Waals surface area contributed by atoms with Gasteiger partial charge in [-0.15, -0.1) is 22.7 Å². The van der Waals surface area contributed by atoms with E-state index in [-0.39, 0.29) is 11.5 Å². The van der Waals surface area contributed by atoms with Crippen molar-refractivity contribution in [3.63, 3.8) is 0 Å². The summed E-state index contributed by atoms with van der Waals surface area (Å²) in [7, 11) is 0. The van der Waals surface area contributed by atoms with E-state index in [0.717, 1.165) is 0 Å². The Morgan fingerprint density at radius 3 is 2.45 bits per heavy atom. The quantitative estimate of drug-likeness (QED) is 0.491. The van der Waals surface area contributed by atoms with E-state index in [9.17, 15) is 0 Å². The minimum atomic E-state index is 0.168. The van der Waals surface area contributed by atoms with Crippen molar-refractivity contribution >= 4 is 51.7 Å². The van der Waals surface area contributed by atoms with Crippen LogP contribution in [0.15, 0.2) is 28.7 Å². The van der Waals surface area contributed by atoms with Gasteiger partial charge in [0.25, 0.3) is 0 Å². The monoisotopic (exact) mass is 442 g/mol. The largest absolute Gasteiger partial charge is 0.231 e. The Hall–Kier alpha value is -1.14. The summed E-state index contributed by atoms with van der Waals surface area (Å²) >= 11 is 5.36. The van der Waals surface area contributed by atoms with Gasteiger partial charge in [0, 0.05) is 25.1 Å². The minimum absolute atomic E-state index is 0.168. The van der Waals surface area contributed by atoms with Crippen LogP contribution in [-0.2, 0) is 5.41 Å². The molecular weight excluding hydrogens is 412 g/mol. The first-order valence-electron chi connectivity index (χ1n) is 10.3. The molecule has 0 bridgehead atoms. The molecule has 1 N–H and O–H groups in total. The molecule has 4 rings (SSSR count). The van der Waals surface area contributed by atoms with Crippen molar-refractivity contribution in [3.05, 3.63) is 54.9 Å². The van der Waals surface area contributed by atoms with E-state index in [1.54, 1.807) is 0 Å². The molecule has 0 spiro atoms. The lowest BCUT2D eigenvalue weighted by Crippen LogP contribution is -2.31. The molecular formula is C24H30N2S3. The lowest BCUT2D eigenvalue weighted by atomic mass is 9.88. The standard InChI is InChI=1S/C24H30N2S3/c1-8-13(2)18-11-14(3)22(27-18)16-9-10-17(21-20(16)25-29-26-21)23-15(4)12-19(28-23)24(5,6)7/h9-13,20,25H,8H2,1-7H3. The zero-order valence-electron chi connectivity index (χ0n) is 18.3. The Morgan fingerprint density at radius 2 is 1.79 bits per heavy atom. The highest BCUT2D eigenvalue weighted by atomic mass is 32.2. The van der Waals surface area contributed by atoms with Crippen LogP contribution in [0.1, 0.15) is 77.6 Å². The third kappa shape index (κ3) is 3.83. The maximum atomic E-state index is 4.82. The van der Waals surface area contributed by atoms with Gasteiger partial charge >= 0.3 is 0 Å². The highest BCUT2D eigenvalue weighted by Crippen LogP contribution is 2.43. The number of thiophene rings is 2. The second-order valence-corrected chi connectivity index (χ2v) is 11.9. The van der Waals surface area contributed by atoms with Gasteiger partial charge in [0.2, 0.25) is 0 Å². The molecule has 2 aliphatic rings. The maximum Gasteiger partial charge on any atom is 0.0887 e. The van der Waals surface area contributed by atoms with Gasteiger partial charge in [-0.25, -0.2) is 9.12 Å². The molecule has 0 aromatic carbocycles. The Labute approximate surface area is 187 Å². The fourth-order valence-corrected chi connectivity index (χ4v) is 7.09. The summed E-state index contributed by atoms with van der Waals surface area (Å²) in [6, 6.07) is 4.90. The molecule has 2 aromatic rings. The Kier molecular flexibility index (Phi) is 5.71. The summed E-state index contributed by atoms with van der Waals surface area (Å²) in [5.74, 6) is 0.617. The summed E-state index contributed by atoms with van der Waals surface area (Å²) in [6.07, 6.45) is 5.80. The number of nitrogens with one attached hydrogen (secondary N) is 1. The molecule has 1 aliphatic carbocycles. The number of rotatable bonds is 4. The van der Waals surface area contributed by atoms with Crippen LogP contribution in [0.2, 0.25) is 0 Å². The third-order valence-electron chi connectivity index (χ3n) is 5.80. The van der Waals surface area contributed by atoms with Gasteiger partial charge in [-0.2, -0.15) is 0 Å². The molecule has 3 heterocycles. The van der Waals surface area contributed by atoms with Gasteiger partial charge in [-0.1, -0.05) is 46.8 Å². The number of fused-ring (bicyclic) bond motifs is 1. The van der Waals surface area contributed by atoms with Crippen LogP contribution in [0.4, 0.5) is 0 Å². The molecule has 154 valence electrons. The van der Waals surface area contributed by atoms with Gasteiger partial charge in [-0.3, -0.25) is 0 Å². The van der Waals surface area contributed by atoms with E-state index in [0.29, 0.717) is 5.92 Å². The first kappa shape index (κ1) is 21.1. The number of aryl methyl sites for hydroxylation is 2. The van der Waals surface area contributed by atoms with Crippen molar-refractivity contribution in [1.82, 2.24) is 4.72 Å². The first-order valence-corrected chi connectivity index (χ1v) is 12.7. The van der Waals surface area contributed by atoms with Crippen molar-refractivity contribution in [2.45, 2.75) is 72.3 Å². The van der Waals surface area contributed by atoms with Crippen LogP contribution in [-0.4, -0.2) is 11.8 Å². The summed E-state index contributed by atoms with van der Waals surface area (Å²) in [4.78, 5) is 5.69. The number of allylic oxidation sites excluding steroid dienone is 2. The van der Waals surface area contributed by atoms with Gasteiger partial charge in [0.15, 0.2) is 0 Å². The molecule has 1 aliphatic heterocycles. The number of nitrogens with zero attached hydrogens (tertiary/aromatic N) is 1. The molecule has 5 heteroatoms. The minimum Gasteiger partial charge on any atom is -0.231 e. The van der Waals surface area contributed by atoms with Crippen molar-refractivity contribution in [2.75, 3.05) is 0 Å². The van der Waals surface area contributed by atoms with Crippen LogP contribution in [0.3, 0.4) is 0 Å². The fraction of sp³-hybridized carbons (Fsp3) is 0.458. The topological polar surface area (TPSA) is 24.4 Å². The van der Waals surface area contributed by atoms with Crippen LogP contribution in [0.25, 0.3) is 11.1 Å². The van der Waals surface area contributed by atoms with Crippen molar-refractivity contribution in [3.8, 4) is 0 Å². The molecule has 0 fully saturated rings. The predicted molar refractivity (Wildman–Crippen MR) is 133 cm³/mol. The Bertz CT molecular complexity index is 1030. The van der Waals surface area contributed by atoms with Crippen LogP contribution >= 0.6 is 34.8 Å². The zero-order valence-corrected chi connectivity index (χ0v) is 20.8. The smallest absolute Gasteiger partial charge is 0.0887 e. The van der Waals surface area contributed by atoms with Crippen LogP contribution in [0, 0.1) is 13.8 Å². The summed E-state index contributed by atoms with van der Waals surface area (Å²) in [5, 5.41) is 0. The number of hydrogen-bond donors (Lipinski definition) is 1. The zero-order chi connectivity index (χ0) is 20.9. The van der Waals surface area contributed by atoms with E-state index >= 15 is 0 Å². The lowest BCUT2D eigenvalue weighted by Gasteiger charge is -2.22. The van der Waals surface area contributed by atoms with Crippen LogP contribution < -0.4 is 4.72 Å². The van der Waals surface area contributed by atoms with Gasteiger partial charge in [0.05, 0.1) is 23.9 Å². The fourth-order valence-electron chi connectivity index (χ4n) is 3.76. The summed E-state index contributed by atoms with van der Waals surface area (Å²) in [5.41, 5.74) is 6.73. The number of hydrogen-bond acceptors (Lipinski definition) is 5. The van der Waals surface area contributed by atoms with Gasteiger partial charge in [0.1, 0.15) is 0 Å². The SMILES string of the molecule is CCC(C)c1cc(C)c(C2=CC=C(c3sc(C(C)(C)C)cc3C)C3=NSNC23)s1. The lowest BCUT2D eigenvalue weighted by molar-refractivity contribution is 0.603. The van der Waals surface area contributed by atoms with Crippen molar-refractivity contribution in [1.29, 1.82) is 0 Å². The second kappa shape index (κ2) is 7.84. The van der Waals surface area contributed by atoms with E-state index in [4.69, 9.17) is 4.40 Å². The molecule has 2 atom stereocenters. The summed E-state index contributed by atoms with van der Waals surface area (Å²) in [6.45, 7) is 15.9. The first-order chi connectivity index (χ1) is 13.7. The van der Waals surface area contributed by atoms with Gasteiger partial charge in [-0.05, 0) is 60.4 Å².